The Labute approximate surface area is 102 Å². The molecule has 1 rings (SSSR count). The topological polar surface area (TPSA) is 49.8 Å². The maximum absolute atomic E-state index is 11.5. The van der Waals surface area contributed by atoms with Crippen molar-refractivity contribution < 1.29 is 14.6 Å². The largest absolute Gasteiger partial charge is 0.497 e. The van der Waals surface area contributed by atoms with Gasteiger partial charge >= 0.3 is 5.97 Å². The minimum Gasteiger partial charge on any atom is -0.497 e. The lowest BCUT2D eigenvalue weighted by molar-refractivity contribution is -0.150. The van der Waals surface area contributed by atoms with Crippen molar-refractivity contribution in [2.45, 2.75) is 19.4 Å². The molecule has 0 bridgehead atoms. The van der Waals surface area contributed by atoms with E-state index in [9.17, 15) is 9.90 Å². The third kappa shape index (κ3) is 2.42. The molecule has 1 aromatic carbocycles. The first-order valence-electron chi connectivity index (χ1n) is 5.56. The molecular formula is C13H19NO3. The van der Waals surface area contributed by atoms with E-state index < -0.39 is 11.5 Å². The van der Waals surface area contributed by atoms with E-state index in [0.29, 0.717) is 6.54 Å². The summed E-state index contributed by atoms with van der Waals surface area (Å²) in [6, 6.07) is 7.14. The molecule has 17 heavy (non-hydrogen) atoms. The number of likely N-dealkylation sites (N-methyl/N-ethyl adjacent to an activating group) is 1. The summed E-state index contributed by atoms with van der Waals surface area (Å²) in [4.78, 5) is 13.3. The van der Waals surface area contributed by atoms with Gasteiger partial charge in [0.15, 0.2) is 0 Å². The Morgan fingerprint density at radius 1 is 1.41 bits per heavy atom. The highest BCUT2D eigenvalue weighted by Gasteiger charge is 2.38. The van der Waals surface area contributed by atoms with E-state index in [4.69, 9.17) is 4.74 Å². The highest BCUT2D eigenvalue weighted by Crippen LogP contribution is 2.28. The molecule has 1 atom stereocenters. The van der Waals surface area contributed by atoms with Crippen LogP contribution in [-0.4, -0.2) is 36.7 Å². The van der Waals surface area contributed by atoms with Crippen LogP contribution in [0.4, 0.5) is 0 Å². The van der Waals surface area contributed by atoms with E-state index in [1.807, 2.05) is 6.92 Å². The Balaban J connectivity index is 3.18. The van der Waals surface area contributed by atoms with Crippen LogP contribution >= 0.6 is 0 Å². The van der Waals surface area contributed by atoms with Crippen LogP contribution in [0.3, 0.4) is 0 Å². The summed E-state index contributed by atoms with van der Waals surface area (Å²) in [6.45, 7) is 4.31. The Hall–Kier alpha value is -1.55. The highest BCUT2D eigenvalue weighted by atomic mass is 16.5. The van der Waals surface area contributed by atoms with Gasteiger partial charge in [0, 0.05) is 0 Å². The van der Waals surface area contributed by atoms with Gasteiger partial charge in [0.05, 0.1) is 7.11 Å². The summed E-state index contributed by atoms with van der Waals surface area (Å²) in [7, 11) is 3.39. The summed E-state index contributed by atoms with van der Waals surface area (Å²) in [5.74, 6) is -0.132. The Kier molecular flexibility index (Phi) is 4.12. The Bertz CT molecular complexity index is 388. The van der Waals surface area contributed by atoms with Crippen LogP contribution in [0.1, 0.15) is 19.4 Å². The number of hydrogen-bond acceptors (Lipinski definition) is 3. The molecule has 0 aliphatic carbocycles. The summed E-state index contributed by atoms with van der Waals surface area (Å²) < 4.78 is 5.07. The quantitative estimate of drug-likeness (QED) is 0.850. The zero-order valence-electron chi connectivity index (χ0n) is 10.7. The summed E-state index contributed by atoms with van der Waals surface area (Å²) >= 11 is 0. The number of carboxylic acids is 1. The maximum Gasteiger partial charge on any atom is 0.328 e. The fraction of sp³-hybridized carbons (Fsp3) is 0.462. The molecule has 1 N–H and O–H groups in total. The van der Waals surface area contributed by atoms with Crippen LogP contribution in [0.5, 0.6) is 5.75 Å². The van der Waals surface area contributed by atoms with Crippen molar-refractivity contribution in [1.29, 1.82) is 0 Å². The number of carbonyl (C=O) groups is 1. The van der Waals surface area contributed by atoms with Gasteiger partial charge in [0.2, 0.25) is 0 Å². The van der Waals surface area contributed by atoms with Gasteiger partial charge in [-0.3, -0.25) is 4.90 Å². The van der Waals surface area contributed by atoms with E-state index >= 15 is 0 Å². The standard InChI is InChI=1S/C13H19NO3/c1-5-14(3)13(2,12(15)16)10-6-8-11(17-4)9-7-10/h6-9H,5H2,1-4H3,(H,15,16). The second kappa shape index (κ2) is 5.19. The van der Waals surface area contributed by atoms with Gasteiger partial charge in [-0.05, 0) is 38.2 Å². The fourth-order valence-electron chi connectivity index (χ4n) is 1.74. The van der Waals surface area contributed by atoms with E-state index in [0.717, 1.165) is 11.3 Å². The first-order chi connectivity index (χ1) is 7.96. The minimum absolute atomic E-state index is 0.662. The molecule has 0 saturated carbocycles. The van der Waals surface area contributed by atoms with Crippen molar-refractivity contribution >= 4 is 5.97 Å². The Morgan fingerprint density at radius 2 is 1.94 bits per heavy atom. The van der Waals surface area contributed by atoms with Gasteiger partial charge in [-0.2, -0.15) is 0 Å². The average Bonchev–Trinajstić information content (AvgIpc) is 2.36. The first-order valence-corrected chi connectivity index (χ1v) is 5.56. The zero-order chi connectivity index (χ0) is 13.1. The number of methoxy groups -OCH3 is 1. The molecule has 0 aliphatic rings. The molecule has 0 radical (unpaired) electrons. The van der Waals surface area contributed by atoms with Crippen molar-refractivity contribution in [2.24, 2.45) is 0 Å². The van der Waals surface area contributed by atoms with Gasteiger partial charge in [-0.1, -0.05) is 19.1 Å². The van der Waals surface area contributed by atoms with Crippen LogP contribution in [0, 0.1) is 0 Å². The average molecular weight is 237 g/mol. The van der Waals surface area contributed by atoms with Gasteiger partial charge in [-0.25, -0.2) is 4.79 Å². The van der Waals surface area contributed by atoms with Crippen molar-refractivity contribution in [2.75, 3.05) is 20.7 Å². The zero-order valence-corrected chi connectivity index (χ0v) is 10.7. The second-order valence-corrected chi connectivity index (χ2v) is 4.12. The number of aliphatic carboxylic acids is 1. The normalized spacial score (nSPS) is 14.4. The summed E-state index contributed by atoms with van der Waals surface area (Å²) in [6.07, 6.45) is 0. The Morgan fingerprint density at radius 3 is 2.29 bits per heavy atom. The van der Waals surface area contributed by atoms with E-state index in [1.165, 1.54) is 0 Å². The van der Waals surface area contributed by atoms with Gasteiger partial charge in [-0.15, -0.1) is 0 Å². The molecule has 0 aliphatic heterocycles. The summed E-state index contributed by atoms with van der Waals surface area (Å²) in [5.41, 5.74) is -0.267. The minimum atomic E-state index is -1.01. The number of hydrogen-bond donors (Lipinski definition) is 1. The van der Waals surface area contributed by atoms with Gasteiger partial charge < -0.3 is 9.84 Å². The van der Waals surface area contributed by atoms with Crippen LogP contribution in [0.2, 0.25) is 0 Å². The smallest absolute Gasteiger partial charge is 0.328 e. The molecule has 1 unspecified atom stereocenters. The second-order valence-electron chi connectivity index (χ2n) is 4.12. The lowest BCUT2D eigenvalue weighted by atomic mass is 9.90. The predicted octanol–water partition coefficient (Wildman–Crippen LogP) is 1.95. The molecule has 0 fully saturated rings. The molecule has 0 spiro atoms. The van der Waals surface area contributed by atoms with Crippen LogP contribution in [0.25, 0.3) is 0 Å². The van der Waals surface area contributed by atoms with Gasteiger partial charge in [0.1, 0.15) is 11.3 Å². The van der Waals surface area contributed by atoms with Crippen molar-refractivity contribution in [3.63, 3.8) is 0 Å². The van der Waals surface area contributed by atoms with Crippen LogP contribution < -0.4 is 4.74 Å². The third-order valence-electron chi connectivity index (χ3n) is 3.31. The maximum atomic E-state index is 11.5. The number of carboxylic acid groups (broad SMARTS) is 1. The SMILES string of the molecule is CCN(C)C(C)(C(=O)O)c1ccc(OC)cc1. The van der Waals surface area contributed by atoms with Crippen LogP contribution in [-0.2, 0) is 10.3 Å². The lowest BCUT2D eigenvalue weighted by Gasteiger charge is -2.34. The number of benzene rings is 1. The van der Waals surface area contributed by atoms with Crippen LogP contribution in [0.15, 0.2) is 24.3 Å². The van der Waals surface area contributed by atoms with Crippen molar-refractivity contribution in [3.05, 3.63) is 29.8 Å². The molecular weight excluding hydrogens is 218 g/mol. The van der Waals surface area contributed by atoms with Crippen molar-refractivity contribution in [3.8, 4) is 5.75 Å². The number of nitrogens with zero attached hydrogens (tertiary/aromatic N) is 1. The van der Waals surface area contributed by atoms with E-state index in [-0.39, 0.29) is 0 Å². The molecule has 4 heteroatoms. The molecule has 94 valence electrons. The highest BCUT2D eigenvalue weighted by molar-refractivity contribution is 5.80. The first kappa shape index (κ1) is 13.5. The molecule has 4 nitrogen and oxygen atoms in total. The van der Waals surface area contributed by atoms with Gasteiger partial charge in [0.25, 0.3) is 0 Å². The predicted molar refractivity (Wildman–Crippen MR) is 66.3 cm³/mol. The molecule has 0 amide bonds. The fourth-order valence-corrected chi connectivity index (χ4v) is 1.74. The summed E-state index contributed by atoms with van der Waals surface area (Å²) in [5, 5.41) is 9.44. The molecule has 0 heterocycles. The lowest BCUT2D eigenvalue weighted by Crippen LogP contribution is -2.47. The monoisotopic (exact) mass is 237 g/mol. The molecule has 0 saturated heterocycles. The third-order valence-corrected chi connectivity index (χ3v) is 3.31. The number of rotatable bonds is 5. The van der Waals surface area contributed by atoms with E-state index in [1.54, 1.807) is 50.2 Å². The number of ether oxygens (including phenoxy) is 1. The molecule has 1 aromatic rings. The molecule has 0 aromatic heterocycles. The van der Waals surface area contributed by atoms with Crippen molar-refractivity contribution in [1.82, 2.24) is 4.90 Å². The van der Waals surface area contributed by atoms with E-state index in [2.05, 4.69) is 0 Å².